The molecule has 1 aromatic rings. The zero-order valence-corrected chi connectivity index (χ0v) is 10.7. The first-order valence-corrected chi connectivity index (χ1v) is 6.34. The van der Waals surface area contributed by atoms with Crippen molar-refractivity contribution in [2.24, 2.45) is 5.92 Å². The highest BCUT2D eigenvalue weighted by atomic mass is 35.5. The van der Waals surface area contributed by atoms with E-state index in [-0.39, 0.29) is 11.8 Å². The van der Waals surface area contributed by atoms with Crippen molar-refractivity contribution in [3.05, 3.63) is 29.3 Å². The van der Waals surface area contributed by atoms with Crippen LogP contribution in [0.5, 0.6) is 0 Å². The van der Waals surface area contributed by atoms with E-state index in [1.807, 2.05) is 36.1 Å². The first-order valence-electron chi connectivity index (χ1n) is 5.97. The van der Waals surface area contributed by atoms with E-state index in [4.69, 9.17) is 11.6 Å². The Labute approximate surface area is 107 Å². The largest absolute Gasteiger partial charge is 0.316 e. The monoisotopic (exact) mass is 252 g/mol. The predicted octanol–water partition coefficient (Wildman–Crippen LogP) is 2.30. The number of rotatable bonds is 1. The van der Waals surface area contributed by atoms with Gasteiger partial charge in [-0.2, -0.15) is 0 Å². The van der Waals surface area contributed by atoms with Gasteiger partial charge in [0.05, 0.1) is 10.7 Å². The Morgan fingerprint density at radius 1 is 1.41 bits per heavy atom. The zero-order chi connectivity index (χ0) is 12.3. The minimum atomic E-state index is -0.00780. The van der Waals surface area contributed by atoms with Crippen LogP contribution >= 0.6 is 11.6 Å². The molecule has 3 nitrogen and oxygen atoms in total. The van der Waals surface area contributed by atoms with E-state index in [1.54, 1.807) is 0 Å². The van der Waals surface area contributed by atoms with Crippen LogP contribution in [0.2, 0.25) is 5.02 Å². The van der Waals surface area contributed by atoms with Gasteiger partial charge in [-0.3, -0.25) is 4.79 Å². The van der Waals surface area contributed by atoms with Crippen LogP contribution in [0.25, 0.3) is 0 Å². The molecule has 1 N–H and O–H groups in total. The molecule has 1 fully saturated rings. The van der Waals surface area contributed by atoms with Crippen molar-refractivity contribution in [1.82, 2.24) is 5.32 Å². The van der Waals surface area contributed by atoms with E-state index in [1.165, 1.54) is 0 Å². The summed E-state index contributed by atoms with van der Waals surface area (Å²) < 4.78 is 0. The minimum absolute atomic E-state index is 0.00780. The van der Waals surface area contributed by atoms with E-state index in [0.29, 0.717) is 5.02 Å². The summed E-state index contributed by atoms with van der Waals surface area (Å²) in [7, 11) is 0. The van der Waals surface area contributed by atoms with E-state index >= 15 is 0 Å². The van der Waals surface area contributed by atoms with E-state index < -0.39 is 0 Å². The molecule has 1 heterocycles. The number of para-hydroxylation sites is 1. The average Bonchev–Trinajstić information content (AvgIpc) is 2.32. The van der Waals surface area contributed by atoms with Gasteiger partial charge in [-0.25, -0.2) is 0 Å². The number of carbonyl (C=O) groups excluding carboxylic acids is 1. The van der Waals surface area contributed by atoms with Crippen molar-refractivity contribution in [1.29, 1.82) is 0 Å². The molecular weight excluding hydrogens is 236 g/mol. The molecule has 0 aliphatic carbocycles. The van der Waals surface area contributed by atoms with Crippen LogP contribution in [-0.4, -0.2) is 25.5 Å². The van der Waals surface area contributed by atoms with Crippen molar-refractivity contribution in [2.45, 2.75) is 13.3 Å². The quantitative estimate of drug-likeness (QED) is 0.832. The molecule has 1 aromatic carbocycles. The van der Waals surface area contributed by atoms with Gasteiger partial charge in [0.15, 0.2) is 0 Å². The molecule has 1 aliphatic rings. The number of benzene rings is 1. The van der Waals surface area contributed by atoms with Crippen LogP contribution in [0.3, 0.4) is 0 Å². The second-order valence-electron chi connectivity index (χ2n) is 4.40. The molecule has 92 valence electrons. The number of anilines is 1. The summed E-state index contributed by atoms with van der Waals surface area (Å²) in [6.45, 7) is 4.35. The van der Waals surface area contributed by atoms with Crippen LogP contribution in [-0.2, 0) is 4.79 Å². The third-order valence-corrected chi connectivity index (χ3v) is 3.34. The van der Waals surface area contributed by atoms with Gasteiger partial charge in [-0.1, -0.05) is 30.7 Å². The fourth-order valence-electron chi connectivity index (χ4n) is 2.05. The molecule has 0 radical (unpaired) electrons. The Bertz CT molecular complexity index is 408. The molecular formula is C13H17ClN2O. The van der Waals surface area contributed by atoms with E-state index in [0.717, 1.165) is 31.7 Å². The summed E-state index contributed by atoms with van der Waals surface area (Å²) in [6, 6.07) is 7.52. The third-order valence-electron chi connectivity index (χ3n) is 3.02. The Balaban J connectivity index is 2.28. The highest BCUT2D eigenvalue weighted by molar-refractivity contribution is 6.33. The molecule has 0 bridgehead atoms. The molecule has 17 heavy (non-hydrogen) atoms. The summed E-state index contributed by atoms with van der Waals surface area (Å²) in [5.41, 5.74) is 0.827. The van der Waals surface area contributed by atoms with Crippen molar-refractivity contribution in [2.75, 3.05) is 24.5 Å². The molecule has 1 aliphatic heterocycles. The number of nitrogens with zero attached hydrogens (tertiary/aromatic N) is 1. The van der Waals surface area contributed by atoms with Crippen LogP contribution < -0.4 is 10.2 Å². The first kappa shape index (κ1) is 12.4. The van der Waals surface area contributed by atoms with E-state index in [2.05, 4.69) is 5.32 Å². The van der Waals surface area contributed by atoms with Crippen LogP contribution in [0.1, 0.15) is 13.3 Å². The summed E-state index contributed by atoms with van der Waals surface area (Å²) in [5.74, 6) is 0.136. The number of nitrogens with one attached hydrogen (secondary N) is 1. The Morgan fingerprint density at radius 2 is 2.18 bits per heavy atom. The highest BCUT2D eigenvalue weighted by Crippen LogP contribution is 2.27. The fraction of sp³-hybridized carbons (Fsp3) is 0.462. The number of hydrogen-bond donors (Lipinski definition) is 1. The van der Waals surface area contributed by atoms with Gasteiger partial charge >= 0.3 is 0 Å². The lowest BCUT2D eigenvalue weighted by molar-refractivity contribution is -0.122. The summed E-state index contributed by atoms with van der Waals surface area (Å²) in [6.07, 6.45) is 0.948. The van der Waals surface area contributed by atoms with Crippen molar-refractivity contribution >= 4 is 23.2 Å². The summed E-state index contributed by atoms with van der Waals surface area (Å²) in [4.78, 5) is 14.1. The van der Waals surface area contributed by atoms with Gasteiger partial charge in [0.2, 0.25) is 5.91 Å². The Kier molecular flexibility index (Phi) is 4.02. The molecule has 0 saturated carbocycles. The molecule has 1 saturated heterocycles. The maximum absolute atomic E-state index is 12.3. The maximum atomic E-state index is 12.3. The standard InChI is InChI=1S/C13H17ClN2O/c1-10-9-15-7-4-8-16(13(10)17)12-6-3-2-5-11(12)14/h2-3,5-6,10,15H,4,7-9H2,1H3. The minimum Gasteiger partial charge on any atom is -0.316 e. The van der Waals surface area contributed by atoms with Gasteiger partial charge < -0.3 is 10.2 Å². The average molecular weight is 253 g/mol. The van der Waals surface area contributed by atoms with E-state index in [9.17, 15) is 4.79 Å². The SMILES string of the molecule is CC1CNCCCN(c2ccccc2Cl)C1=O. The summed E-state index contributed by atoms with van der Waals surface area (Å²) in [5, 5.41) is 3.91. The maximum Gasteiger partial charge on any atom is 0.231 e. The number of amides is 1. The van der Waals surface area contributed by atoms with Crippen LogP contribution in [0.4, 0.5) is 5.69 Å². The second-order valence-corrected chi connectivity index (χ2v) is 4.81. The fourth-order valence-corrected chi connectivity index (χ4v) is 2.29. The van der Waals surface area contributed by atoms with Gasteiger partial charge in [-0.05, 0) is 25.1 Å². The topological polar surface area (TPSA) is 32.3 Å². The summed E-state index contributed by atoms with van der Waals surface area (Å²) >= 11 is 6.16. The number of halogens is 1. The van der Waals surface area contributed by atoms with Gasteiger partial charge in [0.25, 0.3) is 0 Å². The smallest absolute Gasteiger partial charge is 0.231 e. The third kappa shape index (κ3) is 2.79. The molecule has 4 heteroatoms. The Morgan fingerprint density at radius 3 is 2.94 bits per heavy atom. The molecule has 0 spiro atoms. The lowest BCUT2D eigenvalue weighted by Gasteiger charge is -2.29. The highest BCUT2D eigenvalue weighted by Gasteiger charge is 2.24. The van der Waals surface area contributed by atoms with Crippen molar-refractivity contribution in [3.8, 4) is 0 Å². The van der Waals surface area contributed by atoms with Crippen LogP contribution in [0.15, 0.2) is 24.3 Å². The molecule has 1 atom stereocenters. The van der Waals surface area contributed by atoms with Crippen molar-refractivity contribution in [3.63, 3.8) is 0 Å². The molecule has 1 unspecified atom stereocenters. The first-order chi connectivity index (χ1) is 8.20. The lowest BCUT2D eigenvalue weighted by Crippen LogP contribution is -2.43. The molecule has 1 amide bonds. The number of hydrogen-bond acceptors (Lipinski definition) is 2. The van der Waals surface area contributed by atoms with Gasteiger partial charge in [0.1, 0.15) is 0 Å². The zero-order valence-electron chi connectivity index (χ0n) is 9.95. The number of carbonyl (C=O) groups is 1. The van der Waals surface area contributed by atoms with Crippen molar-refractivity contribution < 1.29 is 4.79 Å². The lowest BCUT2D eigenvalue weighted by atomic mass is 10.1. The normalized spacial score (nSPS) is 22.1. The Hall–Kier alpha value is -1.06. The predicted molar refractivity (Wildman–Crippen MR) is 70.5 cm³/mol. The second kappa shape index (κ2) is 5.52. The molecule has 0 aromatic heterocycles. The molecule has 2 rings (SSSR count). The van der Waals surface area contributed by atoms with Crippen LogP contribution in [0, 0.1) is 5.92 Å². The van der Waals surface area contributed by atoms with Gasteiger partial charge in [-0.15, -0.1) is 0 Å². The van der Waals surface area contributed by atoms with Gasteiger partial charge in [0, 0.05) is 19.0 Å².